The number of benzene rings is 1. The first-order chi connectivity index (χ1) is 9.32. The molecule has 1 aliphatic rings. The van der Waals surface area contributed by atoms with Gasteiger partial charge in [-0.1, -0.05) is 0 Å². The Hall–Kier alpha value is -1.33. The predicted molar refractivity (Wildman–Crippen MR) is 79.5 cm³/mol. The molecule has 1 fully saturated rings. The monoisotopic (exact) mass is 298 g/mol. The van der Waals surface area contributed by atoms with Crippen molar-refractivity contribution >= 4 is 23.0 Å². The van der Waals surface area contributed by atoms with E-state index in [0.29, 0.717) is 0 Å². The van der Waals surface area contributed by atoms with E-state index in [1.54, 1.807) is 12.1 Å². The van der Waals surface area contributed by atoms with Gasteiger partial charge in [0.2, 0.25) is 0 Å². The van der Waals surface area contributed by atoms with Gasteiger partial charge in [-0.3, -0.25) is 10.1 Å². The van der Waals surface area contributed by atoms with Gasteiger partial charge in [-0.05, 0) is 32.4 Å². The normalized spacial score (nSPS) is 21.8. The largest absolute Gasteiger partial charge is 0.369 e. The van der Waals surface area contributed by atoms with E-state index in [-0.39, 0.29) is 23.3 Å². The van der Waals surface area contributed by atoms with Crippen molar-refractivity contribution in [2.45, 2.75) is 38.4 Å². The lowest BCUT2D eigenvalue weighted by atomic mass is 10.0. The first-order valence-electron chi connectivity index (χ1n) is 6.58. The number of nitrogens with zero attached hydrogens (tertiary/aromatic N) is 2. The summed E-state index contributed by atoms with van der Waals surface area (Å²) >= 11 is 5.95. The van der Waals surface area contributed by atoms with Gasteiger partial charge in [-0.25, -0.2) is 0 Å². The molecule has 1 atom stereocenters. The number of alkyl halides is 1. The van der Waals surface area contributed by atoms with Crippen LogP contribution in [0.25, 0.3) is 0 Å². The second-order valence-corrected chi connectivity index (χ2v) is 6.04. The van der Waals surface area contributed by atoms with Gasteiger partial charge in [0.25, 0.3) is 5.69 Å². The number of nitro groups is 1. The fourth-order valence-corrected chi connectivity index (χ4v) is 2.95. The highest BCUT2D eigenvalue weighted by Crippen LogP contribution is 2.31. The molecular weight excluding hydrogens is 280 g/mol. The molecule has 1 unspecified atom stereocenters. The molecule has 0 N–H and O–H groups in total. The van der Waals surface area contributed by atoms with E-state index >= 15 is 0 Å². The molecule has 1 heterocycles. The number of ether oxygens (including phenoxy) is 1. The lowest BCUT2D eigenvalue weighted by Crippen LogP contribution is -2.52. The number of nitro benzene ring substituents is 1. The fraction of sp³-hybridized carbons (Fsp3) is 0.571. The topological polar surface area (TPSA) is 55.6 Å². The highest BCUT2D eigenvalue weighted by molar-refractivity contribution is 6.17. The Morgan fingerprint density at radius 3 is 2.80 bits per heavy atom. The van der Waals surface area contributed by atoms with Crippen LogP contribution in [0.4, 0.5) is 11.4 Å². The molecule has 6 heteroatoms. The lowest BCUT2D eigenvalue weighted by Gasteiger charge is -2.43. The number of rotatable bonds is 3. The maximum Gasteiger partial charge on any atom is 0.269 e. The van der Waals surface area contributed by atoms with Gasteiger partial charge in [-0.15, -0.1) is 11.6 Å². The van der Waals surface area contributed by atoms with E-state index in [1.807, 2.05) is 20.8 Å². The van der Waals surface area contributed by atoms with E-state index < -0.39 is 4.92 Å². The zero-order valence-electron chi connectivity index (χ0n) is 11.9. The molecule has 0 spiro atoms. The van der Waals surface area contributed by atoms with Crippen LogP contribution in [0, 0.1) is 10.1 Å². The van der Waals surface area contributed by atoms with E-state index in [4.69, 9.17) is 16.3 Å². The number of anilines is 1. The third-order valence-electron chi connectivity index (χ3n) is 3.33. The smallest absolute Gasteiger partial charge is 0.269 e. The van der Waals surface area contributed by atoms with E-state index in [2.05, 4.69) is 4.90 Å². The van der Waals surface area contributed by atoms with Gasteiger partial charge in [0.1, 0.15) is 0 Å². The third-order valence-corrected chi connectivity index (χ3v) is 3.62. The molecule has 0 radical (unpaired) electrons. The minimum atomic E-state index is -0.397. The van der Waals surface area contributed by atoms with Crippen LogP contribution in [-0.4, -0.2) is 29.7 Å². The van der Waals surface area contributed by atoms with Gasteiger partial charge < -0.3 is 9.64 Å². The Morgan fingerprint density at radius 1 is 1.55 bits per heavy atom. The van der Waals surface area contributed by atoms with Gasteiger partial charge >= 0.3 is 0 Å². The van der Waals surface area contributed by atoms with Crippen LogP contribution in [0.15, 0.2) is 18.2 Å². The molecule has 1 aromatic carbocycles. The summed E-state index contributed by atoms with van der Waals surface area (Å²) in [6, 6.07) is 4.86. The average molecular weight is 299 g/mol. The molecular formula is C14H19ClN2O3. The molecule has 0 amide bonds. The number of morpholine rings is 1. The zero-order valence-corrected chi connectivity index (χ0v) is 12.7. The summed E-state index contributed by atoms with van der Waals surface area (Å²) in [4.78, 5) is 12.6. The number of hydrogen-bond donors (Lipinski definition) is 0. The Labute approximate surface area is 123 Å². The van der Waals surface area contributed by atoms with Crippen LogP contribution in [0.3, 0.4) is 0 Å². The summed E-state index contributed by atoms with van der Waals surface area (Å²) in [5, 5.41) is 10.8. The van der Waals surface area contributed by atoms with Crippen molar-refractivity contribution < 1.29 is 9.66 Å². The summed E-state index contributed by atoms with van der Waals surface area (Å²) in [6.07, 6.45) is 0.108. The van der Waals surface area contributed by atoms with Crippen molar-refractivity contribution in [3.05, 3.63) is 33.9 Å². The fourth-order valence-electron chi connectivity index (χ4n) is 2.74. The van der Waals surface area contributed by atoms with Gasteiger partial charge in [-0.2, -0.15) is 0 Å². The molecule has 1 aliphatic heterocycles. The van der Waals surface area contributed by atoms with Crippen molar-refractivity contribution in [3.63, 3.8) is 0 Å². The summed E-state index contributed by atoms with van der Waals surface area (Å²) in [5.41, 5.74) is 1.56. The number of non-ortho nitro benzene ring substituents is 1. The van der Waals surface area contributed by atoms with Crippen molar-refractivity contribution in [2.75, 3.05) is 18.0 Å². The molecule has 1 aromatic rings. The Morgan fingerprint density at radius 2 is 2.25 bits per heavy atom. The van der Waals surface area contributed by atoms with Crippen molar-refractivity contribution in [1.29, 1.82) is 0 Å². The second kappa shape index (κ2) is 5.58. The predicted octanol–water partition coefficient (Wildman–Crippen LogP) is 3.34. The Bertz CT molecular complexity index is 519. The molecule has 0 aliphatic carbocycles. The SMILES string of the molecule is CC1CN(c2ccc([N+](=O)[O-])cc2CCl)CC(C)(C)O1. The van der Waals surface area contributed by atoms with Crippen LogP contribution >= 0.6 is 11.6 Å². The molecule has 2 rings (SSSR count). The van der Waals surface area contributed by atoms with E-state index in [0.717, 1.165) is 24.3 Å². The second-order valence-electron chi connectivity index (χ2n) is 5.77. The van der Waals surface area contributed by atoms with Crippen molar-refractivity contribution in [1.82, 2.24) is 0 Å². The molecule has 1 saturated heterocycles. The highest BCUT2D eigenvalue weighted by Gasteiger charge is 2.32. The maximum atomic E-state index is 10.8. The van der Waals surface area contributed by atoms with Crippen molar-refractivity contribution in [2.24, 2.45) is 0 Å². The van der Waals surface area contributed by atoms with Crippen LogP contribution in [0.1, 0.15) is 26.3 Å². The molecule has 0 saturated carbocycles. The highest BCUT2D eigenvalue weighted by atomic mass is 35.5. The first-order valence-corrected chi connectivity index (χ1v) is 7.12. The van der Waals surface area contributed by atoms with Crippen LogP contribution in [0.5, 0.6) is 0 Å². The zero-order chi connectivity index (χ0) is 14.9. The molecule has 0 aromatic heterocycles. The molecule has 0 bridgehead atoms. The first kappa shape index (κ1) is 15.1. The minimum absolute atomic E-state index is 0.0740. The van der Waals surface area contributed by atoms with Gasteiger partial charge in [0.05, 0.1) is 16.6 Å². The summed E-state index contributed by atoms with van der Waals surface area (Å²) in [6.45, 7) is 7.60. The standard InChI is InChI=1S/C14H19ClN2O3/c1-10-8-16(9-14(2,3)20-10)13-5-4-12(17(18)19)6-11(13)7-15/h4-6,10H,7-9H2,1-3H3. The quantitative estimate of drug-likeness (QED) is 0.488. The van der Waals surface area contributed by atoms with E-state index in [1.165, 1.54) is 6.07 Å². The van der Waals surface area contributed by atoms with Gasteiger partial charge in [0, 0.05) is 36.8 Å². The van der Waals surface area contributed by atoms with Crippen LogP contribution in [-0.2, 0) is 10.6 Å². The minimum Gasteiger partial charge on any atom is -0.369 e. The van der Waals surface area contributed by atoms with E-state index in [9.17, 15) is 10.1 Å². The summed E-state index contributed by atoms with van der Waals surface area (Å²) in [5.74, 6) is 0.253. The van der Waals surface area contributed by atoms with Crippen LogP contribution in [0.2, 0.25) is 0 Å². The van der Waals surface area contributed by atoms with Crippen LogP contribution < -0.4 is 4.90 Å². The van der Waals surface area contributed by atoms with Crippen molar-refractivity contribution in [3.8, 4) is 0 Å². The molecule has 20 heavy (non-hydrogen) atoms. The third kappa shape index (κ3) is 3.22. The number of hydrogen-bond acceptors (Lipinski definition) is 4. The summed E-state index contributed by atoms with van der Waals surface area (Å²) in [7, 11) is 0. The summed E-state index contributed by atoms with van der Waals surface area (Å²) < 4.78 is 5.88. The van der Waals surface area contributed by atoms with Gasteiger partial charge in [0.15, 0.2) is 0 Å². The molecule has 5 nitrogen and oxygen atoms in total. The molecule has 110 valence electrons. The Balaban J connectivity index is 2.34. The maximum absolute atomic E-state index is 10.8. The number of halogens is 1. The Kier molecular flexibility index (Phi) is 4.20. The average Bonchev–Trinajstić information content (AvgIpc) is 2.35. The lowest BCUT2D eigenvalue weighted by molar-refractivity contribution is -0.384.